The molecular formula is C29H31N3O3S. The molecule has 0 bridgehead atoms. The number of pyridine rings is 1. The van der Waals surface area contributed by atoms with Crippen LogP contribution < -0.4 is 15.4 Å². The molecule has 1 aromatic heterocycles. The summed E-state index contributed by atoms with van der Waals surface area (Å²) in [6, 6.07) is 16.5. The lowest BCUT2D eigenvalue weighted by Crippen LogP contribution is -2.43. The van der Waals surface area contributed by atoms with Gasteiger partial charge < -0.3 is 15.4 Å². The number of ether oxygens (including phenoxy) is 1. The maximum Gasteiger partial charge on any atom is 0.258 e. The standard InChI is InChI=1S/C29H31N3O3S/c1-5-14-36-28-23(10-7-13-30-28)27(34)31-21-9-6-8-19(15-21)26(33)17-25-24-16-22(35-4)12-11-20(24)18-29(2,3)32-25/h6-13,15-17,32H,5,14,18H2,1-4H3,(H,31,34). The molecule has 6 nitrogen and oxygen atoms in total. The second-order valence-electron chi connectivity index (χ2n) is 9.37. The van der Waals surface area contributed by atoms with Crippen molar-refractivity contribution in [2.24, 2.45) is 0 Å². The van der Waals surface area contributed by atoms with Gasteiger partial charge in [-0.1, -0.05) is 25.1 Å². The Bertz CT molecular complexity index is 1320. The normalized spacial score (nSPS) is 15.1. The van der Waals surface area contributed by atoms with Gasteiger partial charge in [0, 0.05) is 40.3 Å². The van der Waals surface area contributed by atoms with Gasteiger partial charge in [-0.05, 0) is 74.4 Å². The number of rotatable bonds is 8. The molecule has 1 amide bonds. The summed E-state index contributed by atoms with van der Waals surface area (Å²) in [6.45, 7) is 6.31. The number of allylic oxidation sites excluding steroid dienone is 1. The molecule has 186 valence electrons. The Labute approximate surface area is 216 Å². The molecule has 0 fully saturated rings. The highest BCUT2D eigenvalue weighted by molar-refractivity contribution is 7.99. The molecule has 1 aliphatic heterocycles. The number of methoxy groups -OCH3 is 1. The van der Waals surface area contributed by atoms with Crippen molar-refractivity contribution in [2.45, 2.75) is 44.2 Å². The van der Waals surface area contributed by atoms with E-state index in [1.165, 1.54) is 0 Å². The number of anilines is 1. The van der Waals surface area contributed by atoms with E-state index in [9.17, 15) is 9.59 Å². The predicted octanol–water partition coefficient (Wildman–Crippen LogP) is 5.99. The second kappa shape index (κ2) is 11.0. The number of hydrogen-bond acceptors (Lipinski definition) is 6. The van der Waals surface area contributed by atoms with Gasteiger partial charge in [0.05, 0.1) is 12.7 Å². The summed E-state index contributed by atoms with van der Waals surface area (Å²) in [4.78, 5) is 30.6. The summed E-state index contributed by atoms with van der Waals surface area (Å²) in [5.74, 6) is 1.22. The van der Waals surface area contributed by atoms with E-state index >= 15 is 0 Å². The molecule has 0 aliphatic carbocycles. The molecule has 1 aliphatic rings. The minimum atomic E-state index is -0.249. The van der Waals surface area contributed by atoms with Crippen molar-refractivity contribution in [3.63, 3.8) is 0 Å². The fraction of sp³-hybridized carbons (Fsp3) is 0.276. The van der Waals surface area contributed by atoms with E-state index < -0.39 is 0 Å². The van der Waals surface area contributed by atoms with E-state index in [0.717, 1.165) is 41.2 Å². The number of benzene rings is 2. The highest BCUT2D eigenvalue weighted by Crippen LogP contribution is 2.32. The number of nitrogens with one attached hydrogen (secondary N) is 2. The van der Waals surface area contributed by atoms with E-state index in [2.05, 4.69) is 42.5 Å². The van der Waals surface area contributed by atoms with Crippen molar-refractivity contribution in [1.29, 1.82) is 0 Å². The van der Waals surface area contributed by atoms with Crippen LogP contribution in [0.25, 0.3) is 5.70 Å². The third kappa shape index (κ3) is 5.97. The molecular weight excluding hydrogens is 470 g/mol. The van der Waals surface area contributed by atoms with Crippen LogP contribution in [0, 0.1) is 0 Å². The Morgan fingerprint density at radius 2 is 2.00 bits per heavy atom. The van der Waals surface area contributed by atoms with Crippen LogP contribution in [0.5, 0.6) is 5.75 Å². The van der Waals surface area contributed by atoms with Gasteiger partial charge in [0.15, 0.2) is 5.78 Å². The average Bonchev–Trinajstić information content (AvgIpc) is 2.87. The summed E-state index contributed by atoms with van der Waals surface area (Å²) in [5, 5.41) is 7.12. The first kappa shape index (κ1) is 25.5. The molecule has 4 rings (SSSR count). The van der Waals surface area contributed by atoms with Crippen LogP contribution in [0.15, 0.2) is 71.9 Å². The van der Waals surface area contributed by atoms with Crippen LogP contribution in [-0.4, -0.2) is 35.1 Å². The van der Waals surface area contributed by atoms with Crippen molar-refractivity contribution in [2.75, 3.05) is 18.2 Å². The van der Waals surface area contributed by atoms with Gasteiger partial charge in [-0.15, -0.1) is 11.8 Å². The molecule has 7 heteroatoms. The van der Waals surface area contributed by atoms with Crippen molar-refractivity contribution in [3.05, 3.63) is 89.1 Å². The van der Waals surface area contributed by atoms with E-state index in [1.807, 2.05) is 12.1 Å². The lowest BCUT2D eigenvalue weighted by Gasteiger charge is -2.35. The lowest BCUT2D eigenvalue weighted by atomic mass is 9.85. The maximum atomic E-state index is 13.3. The predicted molar refractivity (Wildman–Crippen MR) is 146 cm³/mol. The van der Waals surface area contributed by atoms with Crippen molar-refractivity contribution in [3.8, 4) is 5.75 Å². The first-order chi connectivity index (χ1) is 17.3. The summed E-state index contributed by atoms with van der Waals surface area (Å²) in [6.07, 6.45) is 5.15. The first-order valence-corrected chi connectivity index (χ1v) is 13.0. The average molecular weight is 502 g/mol. The van der Waals surface area contributed by atoms with Crippen molar-refractivity contribution >= 4 is 34.8 Å². The van der Waals surface area contributed by atoms with Gasteiger partial charge in [0.2, 0.25) is 0 Å². The Kier molecular flexibility index (Phi) is 7.79. The SMILES string of the molecule is CCCSc1ncccc1C(=O)Nc1cccc(C(=O)C=C2NC(C)(C)Cc3ccc(OC)cc32)c1. The Morgan fingerprint density at radius 3 is 2.78 bits per heavy atom. The number of hydrogen-bond donors (Lipinski definition) is 2. The highest BCUT2D eigenvalue weighted by Gasteiger charge is 2.28. The molecule has 0 unspecified atom stereocenters. The lowest BCUT2D eigenvalue weighted by molar-refractivity contribution is 0.101. The van der Waals surface area contributed by atoms with E-state index in [-0.39, 0.29) is 17.2 Å². The van der Waals surface area contributed by atoms with Crippen LogP contribution in [0.1, 0.15) is 59.0 Å². The summed E-state index contributed by atoms with van der Waals surface area (Å²) >= 11 is 1.56. The van der Waals surface area contributed by atoms with Crippen molar-refractivity contribution < 1.29 is 14.3 Å². The molecule has 3 aromatic rings. The summed E-state index contributed by atoms with van der Waals surface area (Å²) < 4.78 is 5.40. The zero-order chi connectivity index (χ0) is 25.7. The smallest absolute Gasteiger partial charge is 0.258 e. The molecule has 0 saturated heterocycles. The third-order valence-electron chi connectivity index (χ3n) is 5.85. The Hall–Kier alpha value is -3.58. The highest BCUT2D eigenvalue weighted by atomic mass is 32.2. The molecule has 0 saturated carbocycles. The largest absolute Gasteiger partial charge is 0.497 e. The summed E-state index contributed by atoms with van der Waals surface area (Å²) in [5.41, 5.74) is 4.25. The molecule has 36 heavy (non-hydrogen) atoms. The minimum Gasteiger partial charge on any atom is -0.497 e. The quantitative estimate of drug-likeness (QED) is 0.224. The van der Waals surface area contributed by atoms with E-state index in [0.29, 0.717) is 21.8 Å². The molecule has 0 radical (unpaired) electrons. The molecule has 2 aromatic carbocycles. The fourth-order valence-corrected chi connectivity index (χ4v) is 5.04. The number of ketones is 1. The monoisotopic (exact) mass is 501 g/mol. The van der Waals surface area contributed by atoms with Gasteiger partial charge in [-0.3, -0.25) is 9.59 Å². The van der Waals surface area contributed by atoms with Gasteiger partial charge in [-0.2, -0.15) is 0 Å². The van der Waals surface area contributed by atoms with E-state index in [4.69, 9.17) is 4.74 Å². The van der Waals surface area contributed by atoms with Crippen LogP contribution in [0.3, 0.4) is 0 Å². The number of carbonyl (C=O) groups excluding carboxylic acids is 2. The van der Waals surface area contributed by atoms with Gasteiger partial charge in [0.1, 0.15) is 10.8 Å². The van der Waals surface area contributed by atoms with Gasteiger partial charge in [-0.25, -0.2) is 4.98 Å². The summed E-state index contributed by atoms with van der Waals surface area (Å²) in [7, 11) is 1.63. The Balaban J connectivity index is 1.58. The van der Waals surface area contributed by atoms with Crippen LogP contribution >= 0.6 is 11.8 Å². The minimum absolute atomic E-state index is 0.152. The topological polar surface area (TPSA) is 80.3 Å². The van der Waals surface area contributed by atoms with Crippen LogP contribution in [0.2, 0.25) is 0 Å². The number of carbonyl (C=O) groups is 2. The first-order valence-electron chi connectivity index (χ1n) is 12.0. The zero-order valence-electron chi connectivity index (χ0n) is 21.1. The number of nitrogens with zero attached hydrogens (tertiary/aromatic N) is 1. The van der Waals surface area contributed by atoms with E-state index in [1.54, 1.807) is 67.5 Å². The number of amides is 1. The Morgan fingerprint density at radius 1 is 1.17 bits per heavy atom. The molecule has 0 spiro atoms. The second-order valence-corrected chi connectivity index (χ2v) is 10.5. The molecule has 2 heterocycles. The zero-order valence-corrected chi connectivity index (χ0v) is 21.9. The van der Waals surface area contributed by atoms with Gasteiger partial charge >= 0.3 is 0 Å². The van der Waals surface area contributed by atoms with Crippen LogP contribution in [0.4, 0.5) is 5.69 Å². The van der Waals surface area contributed by atoms with Gasteiger partial charge in [0.25, 0.3) is 5.91 Å². The van der Waals surface area contributed by atoms with Crippen molar-refractivity contribution in [1.82, 2.24) is 10.3 Å². The number of fused-ring (bicyclic) bond motifs is 1. The number of aromatic nitrogens is 1. The maximum absolute atomic E-state index is 13.3. The molecule has 0 atom stereocenters. The third-order valence-corrected chi connectivity index (χ3v) is 7.06. The van der Waals surface area contributed by atoms with Crippen LogP contribution in [-0.2, 0) is 6.42 Å². The number of thioether (sulfide) groups is 1. The fourth-order valence-electron chi connectivity index (χ4n) is 4.19. The molecule has 2 N–H and O–H groups in total.